The van der Waals surface area contributed by atoms with Gasteiger partial charge < -0.3 is 4.57 Å². The van der Waals surface area contributed by atoms with Crippen LogP contribution in [0.15, 0.2) is 176 Å². The van der Waals surface area contributed by atoms with E-state index < -0.39 is 30.2 Å². The monoisotopic (exact) mass is 650 g/mol. The summed E-state index contributed by atoms with van der Waals surface area (Å²) in [4.78, 5) is 14.4. The van der Waals surface area contributed by atoms with E-state index >= 15 is 0 Å². The van der Waals surface area contributed by atoms with E-state index in [-0.39, 0.29) is 86.6 Å². The third-order valence-electron chi connectivity index (χ3n) is 8.78. The van der Waals surface area contributed by atoms with E-state index in [0.717, 1.165) is 11.1 Å². The Labute approximate surface area is 303 Å². The summed E-state index contributed by atoms with van der Waals surface area (Å²) >= 11 is 0. The lowest BCUT2D eigenvalue weighted by Crippen LogP contribution is -2.07. The molecule has 10 rings (SSSR count). The van der Waals surface area contributed by atoms with E-state index in [1.54, 1.807) is 41.0 Å². The zero-order chi connectivity index (χ0) is 42.6. The van der Waals surface area contributed by atoms with Gasteiger partial charge in [-0.15, -0.1) is 0 Å². The van der Waals surface area contributed by atoms with Crippen LogP contribution in [0.3, 0.4) is 0 Å². The molecule has 0 spiro atoms. The van der Waals surface area contributed by atoms with Crippen LogP contribution < -0.4 is 0 Å². The van der Waals surface area contributed by atoms with Gasteiger partial charge in [-0.2, -0.15) is 9.97 Å². The third-order valence-corrected chi connectivity index (χ3v) is 8.78. The maximum atomic E-state index is 9.60. The lowest BCUT2D eigenvalue weighted by molar-refractivity contribution is 0.953. The summed E-state index contributed by atoms with van der Waals surface area (Å²) in [6.45, 7) is 0. The summed E-state index contributed by atoms with van der Waals surface area (Å²) in [6, 6.07) is 28.7. The fourth-order valence-electron chi connectivity index (χ4n) is 6.61. The molecule has 0 radical (unpaired) electrons. The van der Waals surface area contributed by atoms with Crippen LogP contribution in [-0.2, 0) is 0 Å². The van der Waals surface area contributed by atoms with E-state index in [2.05, 4.69) is 4.98 Å². The predicted molar refractivity (Wildman–Crippen MR) is 205 cm³/mol. The van der Waals surface area contributed by atoms with Gasteiger partial charge in [0, 0.05) is 38.4 Å². The number of hydrogen-bond acceptors (Lipinski definition) is 3. The second-order valence-corrected chi connectivity index (χ2v) is 11.7. The highest BCUT2D eigenvalue weighted by Gasteiger charge is 2.23. The average Bonchev–Trinajstić information content (AvgIpc) is 3.79. The number of hydrogen-bond donors (Lipinski definition) is 0. The molecule has 3 aromatic heterocycles. The van der Waals surface area contributed by atoms with Crippen molar-refractivity contribution in [3.05, 3.63) is 176 Å². The van der Waals surface area contributed by atoms with Crippen LogP contribution in [0, 0.1) is 0 Å². The summed E-state index contributed by atoms with van der Waals surface area (Å²) in [5.74, 6) is -0.307. The van der Waals surface area contributed by atoms with Gasteiger partial charge in [0.1, 0.15) is 0 Å². The molecule has 0 unspecified atom stereocenters. The number of benzene rings is 7. The average molecular weight is 651 g/mol. The Morgan fingerprint density at radius 1 is 0.400 bits per heavy atom. The van der Waals surface area contributed by atoms with Gasteiger partial charge in [0.2, 0.25) is 5.95 Å². The van der Waals surface area contributed by atoms with Gasteiger partial charge in [-0.3, -0.25) is 4.57 Å². The zero-order valence-corrected chi connectivity index (χ0v) is 26.1. The molecule has 0 N–H and O–H groups in total. The molecule has 7 aromatic carbocycles. The van der Waals surface area contributed by atoms with Gasteiger partial charge >= 0.3 is 0 Å². The molecule has 0 saturated heterocycles. The molecule has 5 heteroatoms. The first-order valence-electron chi connectivity index (χ1n) is 21.4. The van der Waals surface area contributed by atoms with Crippen molar-refractivity contribution in [3.8, 4) is 45.5 Å². The summed E-state index contributed by atoms with van der Waals surface area (Å²) < 4.78 is 101. The maximum absolute atomic E-state index is 9.60. The molecule has 0 bridgehead atoms. The van der Waals surface area contributed by atoms with Crippen LogP contribution in [0.2, 0.25) is 0 Å². The van der Waals surface area contributed by atoms with Gasteiger partial charge in [-0.1, -0.05) is 151 Å². The van der Waals surface area contributed by atoms with Gasteiger partial charge in [-0.05, 0) is 35.3 Å². The quantitative estimate of drug-likeness (QED) is 0.186. The molecule has 50 heavy (non-hydrogen) atoms. The first-order chi connectivity index (χ1) is 29.3. The topological polar surface area (TPSA) is 48.5 Å². The van der Waals surface area contributed by atoms with Crippen molar-refractivity contribution in [1.82, 2.24) is 24.1 Å². The van der Waals surface area contributed by atoms with Gasteiger partial charge in [-0.25, -0.2) is 4.98 Å². The summed E-state index contributed by atoms with van der Waals surface area (Å²) in [5.41, 5.74) is 3.73. The number of nitrogens with zero attached hydrogens (tertiary/aromatic N) is 5. The lowest BCUT2D eigenvalue weighted by atomic mass is 10.1. The molecule has 0 aliphatic carbocycles. The van der Waals surface area contributed by atoms with E-state index in [0.29, 0.717) is 27.7 Å². The number of aromatic nitrogens is 5. The van der Waals surface area contributed by atoms with Crippen LogP contribution >= 0.6 is 0 Å². The molecule has 0 amide bonds. The summed E-state index contributed by atoms with van der Waals surface area (Å²) in [7, 11) is 0. The first-order valence-corrected chi connectivity index (χ1v) is 15.9. The number of fused-ring (bicyclic) bond motifs is 7. The van der Waals surface area contributed by atoms with Crippen molar-refractivity contribution in [2.45, 2.75) is 0 Å². The minimum absolute atomic E-state index is 0.00446. The first kappa shape index (κ1) is 19.2. The predicted octanol–water partition coefficient (Wildman–Crippen LogP) is 11.1. The van der Waals surface area contributed by atoms with Crippen LogP contribution in [0.25, 0.3) is 89.2 Å². The molecule has 5 nitrogen and oxygen atoms in total. The number of para-hydroxylation sites is 2. The van der Waals surface area contributed by atoms with E-state index in [1.807, 2.05) is 59.2 Å². The summed E-state index contributed by atoms with van der Waals surface area (Å²) in [6.07, 6.45) is 0. The third kappa shape index (κ3) is 4.45. The SMILES string of the molecule is [2H]c1cc([2H])c2c(c1)c1c([2H])c([2H])c3c4cc([2H])cc([2H])c4n(-c4nc(-c5ccccc5)nc(-c5c([2H])c([2H])c([2H])c([2H])c5[2H])n4)c3c1n2-c1cccc(-c2ccccc2)c1. The molecular formula is C45H29N5. The fraction of sp³-hybridized carbons (Fsp3) is 0. The Bertz CT molecular complexity index is 3470. The van der Waals surface area contributed by atoms with Crippen molar-refractivity contribution in [1.29, 1.82) is 0 Å². The fourth-order valence-corrected chi connectivity index (χ4v) is 6.61. The van der Waals surface area contributed by atoms with Crippen LogP contribution in [0.4, 0.5) is 0 Å². The molecule has 0 atom stereocenters. The molecule has 10 aromatic rings. The molecule has 3 heterocycles. The second-order valence-electron chi connectivity index (χ2n) is 11.7. The number of rotatable bonds is 5. The van der Waals surface area contributed by atoms with Crippen molar-refractivity contribution in [2.75, 3.05) is 0 Å². The van der Waals surface area contributed by atoms with E-state index in [9.17, 15) is 5.48 Å². The second kappa shape index (κ2) is 11.4. The van der Waals surface area contributed by atoms with Crippen molar-refractivity contribution in [2.24, 2.45) is 0 Å². The normalized spacial score (nSPS) is 14.7. The molecule has 234 valence electrons. The summed E-state index contributed by atoms with van der Waals surface area (Å²) in [5, 5.41) is 1.11. The highest BCUT2D eigenvalue weighted by atomic mass is 15.2. The molecular weight excluding hydrogens is 611 g/mol. The zero-order valence-electron chi connectivity index (χ0n) is 37.1. The van der Waals surface area contributed by atoms with E-state index in [1.165, 1.54) is 18.2 Å². The van der Waals surface area contributed by atoms with Crippen LogP contribution in [0.1, 0.15) is 15.1 Å². The largest absolute Gasteiger partial charge is 0.307 e. The van der Waals surface area contributed by atoms with Crippen molar-refractivity contribution >= 4 is 43.6 Å². The maximum Gasteiger partial charge on any atom is 0.238 e. The minimum Gasteiger partial charge on any atom is -0.307 e. The van der Waals surface area contributed by atoms with Gasteiger partial charge in [0.05, 0.1) is 37.1 Å². The minimum atomic E-state index is -0.589. The highest BCUT2D eigenvalue weighted by molar-refractivity contribution is 6.23. The molecule has 0 aliphatic heterocycles. The van der Waals surface area contributed by atoms with Crippen LogP contribution in [-0.4, -0.2) is 24.1 Å². The lowest BCUT2D eigenvalue weighted by Gasteiger charge is -2.14. The van der Waals surface area contributed by atoms with E-state index in [4.69, 9.17) is 19.6 Å². The molecule has 0 fully saturated rings. The van der Waals surface area contributed by atoms with Crippen molar-refractivity contribution in [3.63, 3.8) is 0 Å². The van der Waals surface area contributed by atoms with Crippen molar-refractivity contribution < 1.29 is 15.1 Å². The Morgan fingerprint density at radius 2 is 0.980 bits per heavy atom. The standard InChI is InChI=1S/C45H29N5/c1-4-15-30(16-5-1)33-21-14-22-34(29-33)49-39-25-12-10-23-35(39)37-27-28-38-36-24-11-13-26-40(36)50(42(38)41(37)49)45-47-43(31-17-6-2-7-18-31)46-44(48-45)32-19-8-3-9-20-32/h1-29H/i2D,6D,7D,10D,11D,17D,18D,25D,26D,27D,28D. The Kier molecular flexibility index (Phi) is 4.38. The Hall–Kier alpha value is -6.85. The molecule has 0 aliphatic rings. The highest BCUT2D eigenvalue weighted by Crippen LogP contribution is 2.42. The van der Waals surface area contributed by atoms with Crippen LogP contribution in [0.5, 0.6) is 0 Å². The molecule has 0 saturated carbocycles. The Balaban J connectivity index is 1.45. The van der Waals surface area contributed by atoms with Gasteiger partial charge in [0.25, 0.3) is 0 Å². The van der Waals surface area contributed by atoms with Gasteiger partial charge in [0.15, 0.2) is 11.6 Å². The Morgan fingerprint density at radius 3 is 1.66 bits per heavy atom. The smallest absolute Gasteiger partial charge is 0.238 e.